The van der Waals surface area contributed by atoms with Gasteiger partial charge in [-0.1, -0.05) is 6.07 Å². The first-order valence-electron chi connectivity index (χ1n) is 7.30. The molecule has 1 aromatic carbocycles. The molecule has 25 heavy (non-hydrogen) atoms. The Bertz CT molecular complexity index is 1220. The van der Waals surface area contributed by atoms with Crippen LogP contribution in [0.1, 0.15) is 11.1 Å². The Morgan fingerprint density at radius 3 is 2.56 bits per heavy atom. The molecule has 3 aromatic rings. The van der Waals surface area contributed by atoms with Crippen LogP contribution in [0.4, 0.5) is 0 Å². The molecule has 0 saturated heterocycles. The van der Waals surface area contributed by atoms with E-state index in [0.717, 1.165) is 11.8 Å². The molecule has 0 N–H and O–H groups in total. The molecule has 3 rings (SSSR count). The fraction of sp³-hybridized carbons (Fsp3) is 0.176. The van der Waals surface area contributed by atoms with Gasteiger partial charge >= 0.3 is 0 Å². The van der Waals surface area contributed by atoms with Crippen LogP contribution in [0.3, 0.4) is 0 Å². The minimum atomic E-state index is -3.58. The van der Waals surface area contributed by atoms with Crippen molar-refractivity contribution in [3.8, 4) is 17.2 Å². The lowest BCUT2D eigenvalue weighted by atomic mass is 9.99. The second-order valence-corrected chi connectivity index (χ2v) is 7.68. The van der Waals surface area contributed by atoms with Crippen molar-refractivity contribution in [3.05, 3.63) is 51.9 Å². The third kappa shape index (κ3) is 2.90. The van der Waals surface area contributed by atoms with Crippen molar-refractivity contribution < 1.29 is 8.42 Å². The monoisotopic (exact) mass is 354 g/mol. The first-order valence-corrected chi connectivity index (χ1v) is 9.19. The number of hydrogen-bond donors (Lipinski definition) is 0. The van der Waals surface area contributed by atoms with Crippen molar-refractivity contribution in [1.29, 1.82) is 5.26 Å². The quantitative estimate of drug-likeness (QED) is 0.647. The largest absolute Gasteiger partial charge is 0.295 e. The zero-order valence-corrected chi connectivity index (χ0v) is 14.6. The van der Waals surface area contributed by atoms with Crippen molar-refractivity contribution >= 4 is 20.9 Å². The molecule has 2 aromatic heterocycles. The van der Waals surface area contributed by atoms with Crippen molar-refractivity contribution in [1.82, 2.24) is 14.5 Å². The van der Waals surface area contributed by atoms with E-state index in [1.807, 2.05) is 6.92 Å². The molecule has 0 spiro atoms. The predicted molar refractivity (Wildman–Crippen MR) is 92.8 cm³/mol. The van der Waals surface area contributed by atoms with Gasteiger partial charge in [-0.15, -0.1) is 0 Å². The van der Waals surface area contributed by atoms with Gasteiger partial charge in [0.1, 0.15) is 5.65 Å². The van der Waals surface area contributed by atoms with Gasteiger partial charge in [0.2, 0.25) is 15.0 Å². The molecular formula is C17H14N4O3S. The lowest BCUT2D eigenvalue weighted by Crippen LogP contribution is -2.21. The highest BCUT2D eigenvalue weighted by molar-refractivity contribution is 7.90. The van der Waals surface area contributed by atoms with Crippen LogP contribution < -0.4 is 5.56 Å². The molecule has 0 amide bonds. The highest BCUT2D eigenvalue weighted by Crippen LogP contribution is 2.24. The van der Waals surface area contributed by atoms with Crippen LogP contribution in [-0.4, -0.2) is 29.2 Å². The summed E-state index contributed by atoms with van der Waals surface area (Å²) in [5.74, 6) is 0. The number of nitriles is 1. The molecule has 7 nitrogen and oxygen atoms in total. The average molecular weight is 354 g/mol. The molecule has 0 bridgehead atoms. The second kappa shape index (κ2) is 5.79. The summed E-state index contributed by atoms with van der Waals surface area (Å²) in [7, 11) is -2.05. The molecule has 126 valence electrons. The van der Waals surface area contributed by atoms with Crippen LogP contribution in [0.25, 0.3) is 22.2 Å². The Balaban J connectivity index is 2.35. The van der Waals surface area contributed by atoms with E-state index in [9.17, 15) is 13.2 Å². The Hall–Kier alpha value is -3.05. The summed E-state index contributed by atoms with van der Waals surface area (Å²) in [6.45, 7) is 1.85. The van der Waals surface area contributed by atoms with Crippen LogP contribution in [0, 0.1) is 18.3 Å². The maximum atomic E-state index is 12.8. The predicted octanol–water partition coefficient (Wildman–Crippen LogP) is 1.58. The summed E-state index contributed by atoms with van der Waals surface area (Å²) in [6, 6.07) is 8.80. The fourth-order valence-electron chi connectivity index (χ4n) is 2.58. The van der Waals surface area contributed by atoms with E-state index in [1.165, 1.54) is 17.8 Å². The highest BCUT2D eigenvalue weighted by Gasteiger charge is 2.16. The van der Waals surface area contributed by atoms with Crippen LogP contribution >= 0.6 is 0 Å². The number of pyridine rings is 1. The molecule has 0 unspecified atom stereocenters. The topological polar surface area (TPSA) is 106 Å². The highest BCUT2D eigenvalue weighted by atomic mass is 32.2. The van der Waals surface area contributed by atoms with Gasteiger partial charge in [-0.3, -0.25) is 9.36 Å². The lowest BCUT2D eigenvalue weighted by Gasteiger charge is -2.11. The fourth-order valence-corrected chi connectivity index (χ4v) is 3.08. The van der Waals surface area contributed by atoms with E-state index in [0.29, 0.717) is 22.1 Å². The third-order valence-electron chi connectivity index (χ3n) is 3.91. The molecule has 0 atom stereocenters. The maximum Gasteiger partial charge on any atom is 0.259 e. The van der Waals surface area contributed by atoms with E-state index in [1.54, 1.807) is 24.3 Å². The van der Waals surface area contributed by atoms with E-state index in [2.05, 4.69) is 16.0 Å². The van der Waals surface area contributed by atoms with E-state index < -0.39 is 9.84 Å². The summed E-state index contributed by atoms with van der Waals surface area (Å²) >= 11 is 0. The van der Waals surface area contributed by atoms with Crippen LogP contribution in [0.15, 0.2) is 40.4 Å². The Morgan fingerprint density at radius 1 is 1.20 bits per heavy atom. The zero-order valence-electron chi connectivity index (χ0n) is 13.8. The van der Waals surface area contributed by atoms with Crippen molar-refractivity contribution in [2.45, 2.75) is 12.1 Å². The van der Waals surface area contributed by atoms with E-state index >= 15 is 0 Å². The molecular weight excluding hydrogens is 340 g/mol. The van der Waals surface area contributed by atoms with Gasteiger partial charge in [0.05, 0.1) is 11.6 Å². The number of fused-ring (bicyclic) bond motifs is 1. The number of benzene rings is 1. The van der Waals surface area contributed by atoms with Crippen molar-refractivity contribution in [3.63, 3.8) is 0 Å². The number of rotatable bonds is 2. The third-order valence-corrected chi connectivity index (χ3v) is 4.77. The number of hydrogen-bond acceptors (Lipinski definition) is 6. The molecule has 0 fully saturated rings. The molecule has 0 radical (unpaired) electrons. The summed E-state index contributed by atoms with van der Waals surface area (Å²) in [6.07, 6.45) is 2.39. The van der Waals surface area contributed by atoms with Gasteiger partial charge in [0.25, 0.3) is 5.56 Å². The molecule has 2 heterocycles. The first-order chi connectivity index (χ1) is 11.7. The van der Waals surface area contributed by atoms with Gasteiger partial charge < -0.3 is 0 Å². The Kier molecular flexibility index (Phi) is 3.89. The standard InChI is InChI=1S/C17H14N4O3S/c1-10-4-5-11(8-18)6-13(10)14-7-12-9-19-17(25(3,23)24)20-15(12)21(2)16(14)22/h4-7,9H,1-3H3. The Morgan fingerprint density at radius 2 is 1.92 bits per heavy atom. The number of aromatic nitrogens is 3. The van der Waals surface area contributed by atoms with Crippen LogP contribution in [0.5, 0.6) is 0 Å². The summed E-state index contributed by atoms with van der Waals surface area (Å²) in [5, 5.41) is 9.30. The number of nitrogens with zero attached hydrogens (tertiary/aromatic N) is 4. The van der Waals surface area contributed by atoms with Gasteiger partial charge in [-0.25, -0.2) is 13.4 Å². The van der Waals surface area contributed by atoms with Crippen molar-refractivity contribution in [2.24, 2.45) is 7.05 Å². The number of aryl methyl sites for hydroxylation is 2. The van der Waals surface area contributed by atoms with Gasteiger partial charge in [0, 0.05) is 30.4 Å². The smallest absolute Gasteiger partial charge is 0.259 e. The van der Waals surface area contributed by atoms with E-state index in [-0.39, 0.29) is 16.4 Å². The average Bonchev–Trinajstić information content (AvgIpc) is 2.57. The minimum Gasteiger partial charge on any atom is -0.295 e. The Labute approximate surface area is 144 Å². The van der Waals surface area contributed by atoms with Crippen LogP contribution in [0.2, 0.25) is 0 Å². The van der Waals surface area contributed by atoms with Gasteiger partial charge in [-0.2, -0.15) is 10.2 Å². The summed E-state index contributed by atoms with van der Waals surface area (Å²) < 4.78 is 24.6. The van der Waals surface area contributed by atoms with Gasteiger partial charge in [-0.05, 0) is 36.2 Å². The lowest BCUT2D eigenvalue weighted by molar-refractivity contribution is 0.593. The van der Waals surface area contributed by atoms with Gasteiger partial charge in [0.15, 0.2) is 0 Å². The van der Waals surface area contributed by atoms with E-state index in [4.69, 9.17) is 5.26 Å². The van der Waals surface area contributed by atoms with Crippen molar-refractivity contribution in [2.75, 3.05) is 6.26 Å². The zero-order chi connectivity index (χ0) is 18.4. The molecule has 8 heteroatoms. The molecule has 0 aliphatic carbocycles. The normalized spacial score (nSPS) is 11.4. The minimum absolute atomic E-state index is 0.235. The second-order valence-electron chi connectivity index (χ2n) is 5.77. The molecule has 0 aliphatic heterocycles. The van der Waals surface area contributed by atoms with Crippen LogP contribution in [-0.2, 0) is 16.9 Å². The summed E-state index contributed by atoms with van der Waals surface area (Å²) in [4.78, 5) is 20.6. The molecule has 0 saturated carbocycles. The summed E-state index contributed by atoms with van der Waals surface area (Å²) in [5.41, 5.74) is 2.26. The molecule has 0 aliphatic rings. The first kappa shape index (κ1) is 16.8. The SMILES string of the molecule is Cc1ccc(C#N)cc1-c1cc2cnc(S(C)(=O)=O)nc2n(C)c1=O. The maximum absolute atomic E-state index is 12.8. The number of sulfone groups is 1.